The van der Waals surface area contributed by atoms with Gasteiger partial charge in [0, 0.05) is 13.5 Å². The van der Waals surface area contributed by atoms with Crippen LogP contribution in [0.5, 0.6) is 5.75 Å². The first-order valence-electron chi connectivity index (χ1n) is 6.15. The van der Waals surface area contributed by atoms with E-state index in [2.05, 4.69) is 5.10 Å². The third-order valence-corrected chi connectivity index (χ3v) is 3.57. The van der Waals surface area contributed by atoms with Crippen LogP contribution < -0.4 is 10.5 Å². The van der Waals surface area contributed by atoms with Crippen molar-refractivity contribution in [3.8, 4) is 5.75 Å². The number of nitrogens with zero attached hydrogens (tertiary/aromatic N) is 2. The smallest absolute Gasteiger partial charge is 0.131 e. The molecule has 2 rings (SSSR count). The van der Waals surface area contributed by atoms with Gasteiger partial charge in [-0.25, -0.2) is 0 Å². The molecule has 0 aliphatic rings. The van der Waals surface area contributed by atoms with Crippen LogP contribution >= 0.6 is 23.8 Å². The highest BCUT2D eigenvalue weighted by molar-refractivity contribution is 7.80. The van der Waals surface area contributed by atoms with Crippen molar-refractivity contribution in [2.45, 2.75) is 20.0 Å². The highest BCUT2D eigenvalue weighted by atomic mass is 35.5. The highest BCUT2D eigenvalue weighted by Gasteiger charge is 2.11. The van der Waals surface area contributed by atoms with Gasteiger partial charge in [0.15, 0.2) is 0 Å². The first kappa shape index (κ1) is 14.8. The van der Waals surface area contributed by atoms with Gasteiger partial charge in [0.2, 0.25) is 0 Å². The summed E-state index contributed by atoms with van der Waals surface area (Å²) in [6, 6.07) is 7.69. The van der Waals surface area contributed by atoms with Crippen molar-refractivity contribution >= 4 is 28.8 Å². The summed E-state index contributed by atoms with van der Waals surface area (Å²) >= 11 is 11.0. The van der Waals surface area contributed by atoms with Crippen LogP contribution in [0.15, 0.2) is 24.3 Å². The van der Waals surface area contributed by atoms with Crippen molar-refractivity contribution in [2.75, 3.05) is 0 Å². The molecule has 1 aromatic heterocycles. The Morgan fingerprint density at radius 2 is 2.05 bits per heavy atom. The van der Waals surface area contributed by atoms with E-state index in [0.29, 0.717) is 23.0 Å². The summed E-state index contributed by atoms with van der Waals surface area (Å²) in [5, 5.41) is 4.90. The summed E-state index contributed by atoms with van der Waals surface area (Å²) in [7, 11) is 1.85. The molecule has 0 atom stereocenters. The van der Waals surface area contributed by atoms with Crippen molar-refractivity contribution in [2.24, 2.45) is 12.8 Å². The maximum Gasteiger partial charge on any atom is 0.131 e. The lowest BCUT2D eigenvalue weighted by molar-refractivity contribution is 0.295. The molecule has 6 heteroatoms. The number of rotatable bonds is 5. The highest BCUT2D eigenvalue weighted by Crippen LogP contribution is 2.21. The predicted octanol–water partition coefficient (Wildman–Crippen LogP) is 2.79. The van der Waals surface area contributed by atoms with E-state index in [9.17, 15) is 0 Å². The van der Waals surface area contributed by atoms with Crippen LogP contribution in [0, 0.1) is 6.92 Å². The van der Waals surface area contributed by atoms with Gasteiger partial charge in [-0.2, -0.15) is 5.10 Å². The minimum absolute atomic E-state index is 0.380. The lowest BCUT2D eigenvalue weighted by atomic mass is 10.1. The number of hydrogen-bond acceptors (Lipinski definition) is 3. The second kappa shape index (κ2) is 6.24. The Bertz CT molecular complexity index is 622. The zero-order chi connectivity index (χ0) is 14.7. The minimum atomic E-state index is 0.380. The van der Waals surface area contributed by atoms with E-state index in [-0.39, 0.29) is 0 Å². The number of thiocarbonyl (C=S) groups is 1. The molecule has 0 aliphatic carbocycles. The fourth-order valence-electron chi connectivity index (χ4n) is 1.89. The summed E-state index contributed by atoms with van der Waals surface area (Å²) in [4.78, 5) is 0.482. The quantitative estimate of drug-likeness (QED) is 0.863. The number of aromatic nitrogens is 2. The van der Waals surface area contributed by atoms with E-state index < -0.39 is 0 Å². The van der Waals surface area contributed by atoms with Crippen LogP contribution in [0.3, 0.4) is 0 Å². The van der Waals surface area contributed by atoms with Gasteiger partial charge in [0.05, 0.1) is 21.4 Å². The molecular weight excluding hydrogens is 294 g/mol. The monoisotopic (exact) mass is 309 g/mol. The largest absolute Gasteiger partial charge is 0.487 e. The number of halogens is 1. The van der Waals surface area contributed by atoms with Gasteiger partial charge in [-0.3, -0.25) is 4.68 Å². The van der Waals surface area contributed by atoms with Gasteiger partial charge < -0.3 is 10.5 Å². The van der Waals surface area contributed by atoms with Crippen LogP contribution in [0.2, 0.25) is 5.02 Å². The molecule has 0 unspecified atom stereocenters. The molecule has 2 N–H and O–H groups in total. The van der Waals surface area contributed by atoms with Gasteiger partial charge in [0.25, 0.3) is 0 Å². The average molecular weight is 310 g/mol. The van der Waals surface area contributed by atoms with E-state index in [1.165, 1.54) is 0 Å². The normalized spacial score (nSPS) is 10.6. The lowest BCUT2D eigenvalue weighted by Gasteiger charge is -2.08. The second-order valence-corrected chi connectivity index (χ2v) is 5.45. The zero-order valence-corrected chi connectivity index (χ0v) is 13.0. The maximum atomic E-state index is 6.17. The van der Waals surface area contributed by atoms with Crippen LogP contribution in [0.4, 0.5) is 0 Å². The maximum absolute atomic E-state index is 6.17. The molecule has 0 amide bonds. The summed E-state index contributed by atoms with van der Waals surface area (Å²) in [5.74, 6) is 0.770. The standard InChI is InChI=1S/C14H16ClN3OS/c1-9-14(15)12(18(2)17-9)8-19-11-5-3-10(4-6-11)7-13(16)20/h3-6H,7-8H2,1-2H3,(H2,16,20). The fraction of sp³-hybridized carbons (Fsp3) is 0.286. The summed E-state index contributed by atoms with van der Waals surface area (Å²) in [6.45, 7) is 2.25. The molecule has 0 bridgehead atoms. The number of ether oxygens (including phenoxy) is 1. The number of hydrogen-bond donors (Lipinski definition) is 1. The van der Waals surface area contributed by atoms with E-state index in [0.717, 1.165) is 22.7 Å². The van der Waals surface area contributed by atoms with Gasteiger partial charge in [-0.1, -0.05) is 36.0 Å². The Balaban J connectivity index is 2.02. The van der Waals surface area contributed by atoms with Gasteiger partial charge in [-0.05, 0) is 24.6 Å². The molecule has 0 saturated heterocycles. The van der Waals surface area contributed by atoms with Gasteiger partial charge in [0.1, 0.15) is 12.4 Å². The molecule has 0 spiro atoms. The molecule has 2 aromatic rings. The number of nitrogens with two attached hydrogens (primary N) is 1. The van der Waals surface area contributed by atoms with E-state index in [4.69, 9.17) is 34.3 Å². The van der Waals surface area contributed by atoms with Crippen LogP contribution in [-0.2, 0) is 20.1 Å². The molecule has 20 heavy (non-hydrogen) atoms. The SMILES string of the molecule is Cc1nn(C)c(COc2ccc(CC(N)=S)cc2)c1Cl. The van der Waals surface area contributed by atoms with Crippen LogP contribution in [-0.4, -0.2) is 14.8 Å². The molecule has 0 saturated carbocycles. The Morgan fingerprint density at radius 3 is 2.55 bits per heavy atom. The predicted molar refractivity (Wildman–Crippen MR) is 84.2 cm³/mol. The third kappa shape index (κ3) is 3.49. The molecule has 0 fully saturated rings. The average Bonchev–Trinajstić information content (AvgIpc) is 2.62. The number of aryl methyl sites for hydroxylation is 2. The molecule has 0 radical (unpaired) electrons. The molecule has 106 valence electrons. The van der Waals surface area contributed by atoms with Crippen molar-refractivity contribution in [1.82, 2.24) is 9.78 Å². The topological polar surface area (TPSA) is 53.1 Å². The van der Waals surface area contributed by atoms with Crippen molar-refractivity contribution in [3.63, 3.8) is 0 Å². The Hall–Kier alpha value is -1.59. The van der Waals surface area contributed by atoms with Crippen molar-refractivity contribution < 1.29 is 4.74 Å². The first-order valence-corrected chi connectivity index (χ1v) is 6.94. The Morgan fingerprint density at radius 1 is 1.40 bits per heavy atom. The Kier molecular flexibility index (Phi) is 4.62. The molecule has 1 aromatic carbocycles. The van der Waals surface area contributed by atoms with Crippen LogP contribution in [0.1, 0.15) is 17.0 Å². The van der Waals surface area contributed by atoms with E-state index in [1.54, 1.807) is 4.68 Å². The fourth-order valence-corrected chi connectivity index (χ4v) is 2.27. The molecule has 4 nitrogen and oxygen atoms in total. The summed E-state index contributed by atoms with van der Waals surface area (Å²) in [6.07, 6.45) is 0.600. The van der Waals surface area contributed by atoms with Gasteiger partial charge >= 0.3 is 0 Å². The molecule has 1 heterocycles. The van der Waals surface area contributed by atoms with Crippen molar-refractivity contribution in [1.29, 1.82) is 0 Å². The molecule has 0 aliphatic heterocycles. The third-order valence-electron chi connectivity index (χ3n) is 2.94. The summed E-state index contributed by atoms with van der Waals surface area (Å²) in [5.41, 5.74) is 8.24. The zero-order valence-electron chi connectivity index (χ0n) is 11.4. The molecular formula is C14H16ClN3OS. The number of benzene rings is 1. The lowest BCUT2D eigenvalue weighted by Crippen LogP contribution is -2.10. The minimum Gasteiger partial charge on any atom is -0.487 e. The first-order chi connectivity index (χ1) is 9.47. The van der Waals surface area contributed by atoms with E-state index >= 15 is 0 Å². The van der Waals surface area contributed by atoms with Crippen molar-refractivity contribution in [3.05, 3.63) is 46.2 Å². The second-order valence-electron chi connectivity index (χ2n) is 4.55. The van der Waals surface area contributed by atoms with Gasteiger partial charge in [-0.15, -0.1) is 0 Å². The van der Waals surface area contributed by atoms with E-state index in [1.807, 2.05) is 38.2 Å². The van der Waals surface area contributed by atoms with Crippen LogP contribution in [0.25, 0.3) is 0 Å². The summed E-state index contributed by atoms with van der Waals surface area (Å²) < 4.78 is 7.45. The Labute approximate surface area is 128 Å².